The minimum absolute atomic E-state index is 0.214. The van der Waals surface area contributed by atoms with Crippen LogP contribution >= 0.6 is 24.0 Å². The summed E-state index contributed by atoms with van der Waals surface area (Å²) in [5.74, 6) is 0. The highest BCUT2D eigenvalue weighted by molar-refractivity contribution is 8.32. The molecule has 0 heterocycles. The molecule has 0 aliphatic rings. The predicted molar refractivity (Wildman–Crippen MR) is 84.4 cm³/mol. The smallest absolute Gasteiger partial charge is 0.375 e. The summed E-state index contributed by atoms with van der Waals surface area (Å²) in [6, 6.07) is 7.80. The lowest BCUT2D eigenvalue weighted by Crippen LogP contribution is -2.03. The topological polar surface area (TPSA) is 61.5 Å². The van der Waals surface area contributed by atoms with Crippen molar-refractivity contribution in [1.29, 1.82) is 0 Å². The van der Waals surface area contributed by atoms with Gasteiger partial charge in [0.25, 0.3) is 0 Å². The molecule has 6 heteroatoms. The van der Waals surface area contributed by atoms with Crippen LogP contribution in [0.3, 0.4) is 0 Å². The van der Waals surface area contributed by atoms with Crippen LogP contribution in [0.1, 0.15) is 19.4 Å². The van der Waals surface area contributed by atoms with E-state index in [1.54, 1.807) is 13.8 Å². The van der Waals surface area contributed by atoms with Gasteiger partial charge in [-0.3, -0.25) is 0 Å². The second-order valence-corrected chi connectivity index (χ2v) is 4.86. The van der Waals surface area contributed by atoms with Gasteiger partial charge in [-0.15, -0.1) is 0 Å². The normalized spacial score (nSPS) is 9.00. The summed E-state index contributed by atoms with van der Waals surface area (Å²) in [4.78, 5) is 10.7. The number of carbonyl (C=O) groups excluding carboxylic acids is 1. The summed E-state index contributed by atoms with van der Waals surface area (Å²) in [7, 11) is 0. The lowest BCUT2D eigenvalue weighted by molar-refractivity contribution is 0.181. The van der Waals surface area contributed by atoms with E-state index < -0.39 is 5.30 Å². The molecule has 0 aromatic heterocycles. The fraction of sp³-hybridized carbons (Fsp3) is 0.385. The van der Waals surface area contributed by atoms with E-state index in [9.17, 15) is 4.79 Å². The Hall–Kier alpha value is -1.27. The minimum atomic E-state index is -0.411. The zero-order chi connectivity index (χ0) is 14.7. The Bertz CT molecular complexity index is 374. The fourth-order valence-electron chi connectivity index (χ4n) is 0.949. The summed E-state index contributed by atoms with van der Waals surface area (Å²) in [5, 5.41) is -0.411. The van der Waals surface area contributed by atoms with Crippen molar-refractivity contribution in [2.75, 3.05) is 18.9 Å². The number of hydrogen-bond donors (Lipinski definition) is 1. The van der Waals surface area contributed by atoms with Crippen LogP contribution in [-0.2, 0) is 9.47 Å². The van der Waals surface area contributed by atoms with Gasteiger partial charge in [-0.05, 0) is 44.6 Å². The number of nitrogens with two attached hydrogens (primary N) is 1. The van der Waals surface area contributed by atoms with E-state index in [0.29, 0.717) is 13.2 Å². The van der Waals surface area contributed by atoms with Crippen LogP contribution in [0.5, 0.6) is 0 Å². The van der Waals surface area contributed by atoms with Gasteiger partial charge in [0.1, 0.15) is 0 Å². The van der Waals surface area contributed by atoms with Gasteiger partial charge in [-0.25, -0.2) is 4.79 Å². The molecule has 19 heavy (non-hydrogen) atoms. The van der Waals surface area contributed by atoms with Crippen molar-refractivity contribution in [2.45, 2.75) is 20.8 Å². The molecule has 1 aromatic rings. The van der Waals surface area contributed by atoms with E-state index in [1.807, 2.05) is 31.2 Å². The number of thiocarbonyl (C=S) groups is 1. The third kappa shape index (κ3) is 9.32. The molecule has 0 aliphatic carbocycles. The van der Waals surface area contributed by atoms with E-state index in [2.05, 4.69) is 17.0 Å². The quantitative estimate of drug-likeness (QED) is 0.509. The van der Waals surface area contributed by atoms with E-state index in [1.165, 1.54) is 0 Å². The standard InChI is InChI=1S/C7H9N.C6H10O3S2/c1-6-4-2-3-5-7(6)8;1-3-8-5(7)11-6(10)9-4-2/h2-5H,8H2,1H3;3-4H2,1-2H3. The Balaban J connectivity index is 0.000000356. The number of aryl methyl sites for hydroxylation is 1. The maximum Gasteiger partial charge on any atom is 0.375 e. The molecule has 0 radical (unpaired) electrons. The second-order valence-electron chi connectivity index (χ2n) is 3.32. The number of rotatable bonds is 2. The van der Waals surface area contributed by atoms with Gasteiger partial charge < -0.3 is 15.2 Å². The number of ether oxygens (including phenoxy) is 2. The van der Waals surface area contributed by atoms with Crippen molar-refractivity contribution < 1.29 is 14.3 Å². The number of benzene rings is 1. The van der Waals surface area contributed by atoms with Crippen molar-refractivity contribution in [1.82, 2.24) is 0 Å². The highest BCUT2D eigenvalue weighted by atomic mass is 32.2. The molecular weight excluding hydrogens is 282 g/mol. The molecule has 1 rings (SSSR count). The van der Waals surface area contributed by atoms with Crippen LogP contribution in [0, 0.1) is 6.92 Å². The zero-order valence-corrected chi connectivity index (χ0v) is 13.0. The fourth-order valence-corrected chi connectivity index (χ4v) is 1.76. The van der Waals surface area contributed by atoms with Crippen LogP contribution < -0.4 is 5.73 Å². The van der Waals surface area contributed by atoms with E-state index in [0.717, 1.165) is 23.0 Å². The summed E-state index contributed by atoms with van der Waals surface area (Å²) >= 11 is 5.48. The van der Waals surface area contributed by atoms with Crippen LogP contribution in [0.25, 0.3) is 0 Å². The number of para-hydroxylation sites is 1. The van der Waals surface area contributed by atoms with Gasteiger partial charge in [0.15, 0.2) is 0 Å². The van der Waals surface area contributed by atoms with Crippen LogP contribution in [0.2, 0.25) is 0 Å². The maximum atomic E-state index is 10.7. The first-order chi connectivity index (χ1) is 9.01. The molecular formula is C13H19NO3S2. The monoisotopic (exact) mass is 301 g/mol. The Morgan fingerprint density at radius 1 is 1.26 bits per heavy atom. The van der Waals surface area contributed by atoms with Crippen molar-refractivity contribution in [3.63, 3.8) is 0 Å². The molecule has 1 aromatic carbocycles. The van der Waals surface area contributed by atoms with Crippen molar-refractivity contribution in [3.05, 3.63) is 29.8 Å². The number of nitrogen functional groups attached to an aromatic ring is 1. The predicted octanol–water partition coefficient (Wildman–Crippen LogP) is 3.77. The third-order valence-electron chi connectivity index (χ3n) is 1.88. The average Bonchev–Trinajstić information content (AvgIpc) is 2.34. The van der Waals surface area contributed by atoms with Crippen molar-refractivity contribution in [2.24, 2.45) is 0 Å². The first-order valence-electron chi connectivity index (χ1n) is 5.83. The highest BCUT2D eigenvalue weighted by Crippen LogP contribution is 2.09. The largest absolute Gasteiger partial charge is 0.478 e. The Morgan fingerprint density at radius 2 is 1.84 bits per heavy atom. The molecule has 0 spiro atoms. The third-order valence-corrected chi connectivity index (χ3v) is 2.82. The Labute approximate surface area is 123 Å². The molecule has 0 unspecified atom stereocenters. The molecule has 0 saturated heterocycles. The lowest BCUT2D eigenvalue weighted by Gasteiger charge is -2.02. The van der Waals surface area contributed by atoms with Crippen LogP contribution in [0.4, 0.5) is 10.5 Å². The lowest BCUT2D eigenvalue weighted by atomic mass is 10.2. The molecule has 0 aliphatic heterocycles. The maximum absolute atomic E-state index is 10.7. The number of hydrogen-bond acceptors (Lipinski definition) is 6. The zero-order valence-electron chi connectivity index (χ0n) is 11.3. The summed E-state index contributed by atoms with van der Waals surface area (Å²) < 4.78 is 9.68. The average molecular weight is 301 g/mol. The number of thioether (sulfide) groups is 1. The molecule has 0 bridgehead atoms. The van der Waals surface area contributed by atoms with E-state index >= 15 is 0 Å². The van der Waals surface area contributed by atoms with Crippen molar-refractivity contribution >= 4 is 39.4 Å². The van der Waals surface area contributed by atoms with Gasteiger partial charge in [-0.1, -0.05) is 18.2 Å². The molecule has 0 fully saturated rings. The van der Waals surface area contributed by atoms with Crippen LogP contribution in [-0.4, -0.2) is 22.9 Å². The first-order valence-corrected chi connectivity index (χ1v) is 7.06. The molecule has 0 atom stereocenters. The van der Waals surface area contributed by atoms with E-state index in [-0.39, 0.29) is 4.38 Å². The summed E-state index contributed by atoms with van der Waals surface area (Å²) in [6.45, 7) is 6.38. The Kier molecular flexibility index (Phi) is 9.92. The SMILES string of the molecule is CCOC(=O)SC(=S)OCC.Cc1ccccc1N. The van der Waals surface area contributed by atoms with E-state index in [4.69, 9.17) is 10.5 Å². The number of carbonyl (C=O) groups is 1. The summed E-state index contributed by atoms with van der Waals surface area (Å²) in [5.41, 5.74) is 7.53. The second kappa shape index (κ2) is 10.6. The molecule has 106 valence electrons. The van der Waals surface area contributed by atoms with Gasteiger partial charge in [0, 0.05) is 17.4 Å². The summed E-state index contributed by atoms with van der Waals surface area (Å²) in [6.07, 6.45) is 0. The molecule has 0 saturated carbocycles. The molecule has 2 N–H and O–H groups in total. The van der Waals surface area contributed by atoms with Gasteiger partial charge in [0.05, 0.1) is 13.2 Å². The first kappa shape index (κ1) is 17.7. The van der Waals surface area contributed by atoms with Crippen molar-refractivity contribution in [3.8, 4) is 0 Å². The molecule has 4 nitrogen and oxygen atoms in total. The highest BCUT2D eigenvalue weighted by Gasteiger charge is 2.07. The molecule has 0 amide bonds. The van der Waals surface area contributed by atoms with Crippen LogP contribution in [0.15, 0.2) is 24.3 Å². The van der Waals surface area contributed by atoms with Gasteiger partial charge in [-0.2, -0.15) is 0 Å². The Morgan fingerprint density at radius 3 is 2.26 bits per heavy atom. The van der Waals surface area contributed by atoms with Gasteiger partial charge >= 0.3 is 5.30 Å². The van der Waals surface area contributed by atoms with Gasteiger partial charge in [0.2, 0.25) is 4.38 Å². The number of anilines is 1. The minimum Gasteiger partial charge on any atom is -0.478 e.